The van der Waals surface area contributed by atoms with Crippen molar-refractivity contribution in [3.63, 3.8) is 0 Å². The van der Waals surface area contributed by atoms with Gasteiger partial charge in [-0.2, -0.15) is 0 Å². The third kappa shape index (κ3) is 5.31. The molecule has 3 rings (SSSR count). The van der Waals surface area contributed by atoms with Crippen molar-refractivity contribution >= 4 is 17.6 Å². The summed E-state index contributed by atoms with van der Waals surface area (Å²) in [5.74, 6) is 2.12. The number of para-hydroxylation sites is 1. The van der Waals surface area contributed by atoms with Gasteiger partial charge in [-0.25, -0.2) is 9.97 Å². The summed E-state index contributed by atoms with van der Waals surface area (Å²) in [5, 5.41) is 0. The molecule has 8 heteroatoms. The Bertz CT molecular complexity index is 947. The minimum absolute atomic E-state index is 0.0268. The lowest BCUT2D eigenvalue weighted by Gasteiger charge is -2.26. The molecule has 1 saturated heterocycles. The number of carbonyl (C=O) groups excluding carboxylic acids is 2. The molecule has 1 aliphatic rings. The first-order valence-corrected chi connectivity index (χ1v) is 10.5. The maximum absolute atomic E-state index is 13.2. The molecule has 0 saturated carbocycles. The number of nitrogens with zero attached hydrogens (tertiary/aromatic N) is 5. The van der Waals surface area contributed by atoms with Crippen molar-refractivity contribution in [2.45, 2.75) is 38.8 Å². The van der Waals surface area contributed by atoms with Gasteiger partial charge in [0, 0.05) is 46.2 Å². The largest absolute Gasteiger partial charge is 0.496 e. The first kappa shape index (κ1) is 22.5. The smallest absolute Gasteiger partial charge is 0.227 e. The van der Waals surface area contributed by atoms with Crippen LogP contribution in [0.3, 0.4) is 0 Å². The summed E-state index contributed by atoms with van der Waals surface area (Å²) in [7, 11) is 7.20. The van der Waals surface area contributed by atoms with E-state index in [-0.39, 0.29) is 24.3 Å². The predicted octanol–water partition coefficient (Wildman–Crippen LogP) is 2.44. The number of methoxy groups -OCH3 is 1. The van der Waals surface area contributed by atoms with Gasteiger partial charge in [0.1, 0.15) is 11.6 Å². The zero-order valence-corrected chi connectivity index (χ0v) is 19.0. The van der Waals surface area contributed by atoms with Crippen LogP contribution < -0.4 is 9.64 Å². The second kappa shape index (κ2) is 9.76. The molecule has 31 heavy (non-hydrogen) atoms. The quantitative estimate of drug-likeness (QED) is 0.678. The normalized spacial score (nSPS) is 15.6. The average molecular weight is 426 g/mol. The lowest BCUT2D eigenvalue weighted by molar-refractivity contribution is -0.131. The van der Waals surface area contributed by atoms with Gasteiger partial charge in [0.2, 0.25) is 11.8 Å². The monoisotopic (exact) mass is 425 g/mol. The molecule has 2 amide bonds. The molecule has 2 aromatic rings. The van der Waals surface area contributed by atoms with Crippen molar-refractivity contribution < 1.29 is 14.3 Å². The van der Waals surface area contributed by atoms with Gasteiger partial charge in [0.25, 0.3) is 0 Å². The van der Waals surface area contributed by atoms with Crippen LogP contribution in [0.25, 0.3) is 0 Å². The molecule has 0 bridgehead atoms. The minimum Gasteiger partial charge on any atom is -0.496 e. The van der Waals surface area contributed by atoms with Crippen molar-refractivity contribution in [1.82, 2.24) is 19.8 Å². The Morgan fingerprint density at radius 1 is 1.19 bits per heavy atom. The zero-order chi connectivity index (χ0) is 22.5. The van der Waals surface area contributed by atoms with Gasteiger partial charge in [-0.3, -0.25) is 9.59 Å². The van der Waals surface area contributed by atoms with Gasteiger partial charge in [0.15, 0.2) is 5.82 Å². The van der Waals surface area contributed by atoms with Gasteiger partial charge in [0.05, 0.1) is 31.8 Å². The molecule has 166 valence electrons. The number of anilines is 1. The minimum atomic E-state index is -0.177. The van der Waals surface area contributed by atoms with E-state index in [1.165, 1.54) is 6.92 Å². The number of rotatable bonds is 7. The lowest BCUT2D eigenvalue weighted by atomic mass is 10.1. The fourth-order valence-electron chi connectivity index (χ4n) is 3.76. The summed E-state index contributed by atoms with van der Waals surface area (Å²) >= 11 is 0. The maximum atomic E-state index is 13.2. The standard InChI is InChI=1S/C23H31N5O3/c1-16(29)27(4)15-18-14-21(26(2)3)25-23(24-18)19-10-8-12-28(19)22(30)13-17-9-6-7-11-20(17)31-5/h6-7,9,11,14,19H,8,10,12-13,15H2,1-5H3/t19-/m1/s1. The molecule has 8 nitrogen and oxygen atoms in total. The number of carbonyl (C=O) groups is 2. The van der Waals surface area contributed by atoms with E-state index in [4.69, 9.17) is 14.7 Å². The molecular weight excluding hydrogens is 394 g/mol. The number of hydrogen-bond donors (Lipinski definition) is 0. The first-order chi connectivity index (χ1) is 14.8. The number of amides is 2. The number of aromatic nitrogens is 2. The van der Waals surface area contributed by atoms with Crippen molar-refractivity contribution in [3.05, 3.63) is 47.4 Å². The van der Waals surface area contributed by atoms with Crippen LogP contribution in [0.4, 0.5) is 5.82 Å². The van der Waals surface area contributed by atoms with Crippen molar-refractivity contribution in [2.75, 3.05) is 39.7 Å². The fraction of sp³-hybridized carbons (Fsp3) is 0.478. The van der Waals surface area contributed by atoms with E-state index in [2.05, 4.69) is 0 Å². The van der Waals surface area contributed by atoms with Gasteiger partial charge in [-0.1, -0.05) is 18.2 Å². The average Bonchev–Trinajstić information content (AvgIpc) is 3.24. The van der Waals surface area contributed by atoms with Crippen LogP contribution in [0, 0.1) is 0 Å². The maximum Gasteiger partial charge on any atom is 0.227 e. The Hall–Kier alpha value is -3.16. The molecule has 0 aliphatic carbocycles. The van der Waals surface area contributed by atoms with E-state index < -0.39 is 0 Å². The van der Waals surface area contributed by atoms with Crippen molar-refractivity contribution in [3.8, 4) is 5.75 Å². The summed E-state index contributed by atoms with van der Waals surface area (Å²) in [4.78, 5) is 39.8. The van der Waals surface area contributed by atoms with E-state index in [0.29, 0.717) is 24.7 Å². The predicted molar refractivity (Wildman–Crippen MR) is 119 cm³/mol. The summed E-state index contributed by atoms with van der Waals surface area (Å²) < 4.78 is 5.40. The Kier molecular flexibility index (Phi) is 7.09. The van der Waals surface area contributed by atoms with Crippen LogP contribution >= 0.6 is 0 Å². The number of hydrogen-bond acceptors (Lipinski definition) is 6. The van der Waals surface area contributed by atoms with Gasteiger partial charge >= 0.3 is 0 Å². The van der Waals surface area contributed by atoms with Crippen molar-refractivity contribution in [2.24, 2.45) is 0 Å². The molecule has 0 spiro atoms. The lowest BCUT2D eigenvalue weighted by Crippen LogP contribution is -2.33. The van der Waals surface area contributed by atoms with Crippen LogP contribution in [0.1, 0.15) is 42.9 Å². The highest BCUT2D eigenvalue weighted by Crippen LogP contribution is 2.32. The third-order valence-electron chi connectivity index (χ3n) is 5.58. The summed E-state index contributed by atoms with van der Waals surface area (Å²) in [6.45, 7) is 2.61. The summed E-state index contributed by atoms with van der Waals surface area (Å²) in [6.07, 6.45) is 1.99. The molecule has 0 radical (unpaired) electrons. The van der Waals surface area contributed by atoms with Crippen LogP contribution in [-0.4, -0.2) is 66.4 Å². The number of likely N-dealkylation sites (tertiary alicyclic amines) is 1. The van der Waals surface area contributed by atoms with Crippen LogP contribution in [0.5, 0.6) is 5.75 Å². The highest BCUT2D eigenvalue weighted by molar-refractivity contribution is 5.80. The number of benzene rings is 1. The Morgan fingerprint density at radius 2 is 1.94 bits per heavy atom. The zero-order valence-electron chi connectivity index (χ0n) is 19.0. The second-order valence-corrected chi connectivity index (χ2v) is 8.08. The third-order valence-corrected chi connectivity index (χ3v) is 5.58. The fourth-order valence-corrected chi connectivity index (χ4v) is 3.76. The Balaban J connectivity index is 1.87. The molecule has 1 fully saturated rings. The molecule has 1 aliphatic heterocycles. The molecule has 1 atom stereocenters. The second-order valence-electron chi connectivity index (χ2n) is 8.08. The van der Waals surface area contributed by atoms with Crippen LogP contribution in [0.2, 0.25) is 0 Å². The highest BCUT2D eigenvalue weighted by Gasteiger charge is 2.33. The molecule has 1 aromatic heterocycles. The van der Waals surface area contributed by atoms with Crippen molar-refractivity contribution in [1.29, 1.82) is 0 Å². The summed E-state index contributed by atoms with van der Waals surface area (Å²) in [6, 6.07) is 9.30. The van der Waals surface area contributed by atoms with E-state index in [9.17, 15) is 9.59 Å². The van der Waals surface area contributed by atoms with E-state index in [1.807, 2.05) is 54.2 Å². The first-order valence-electron chi connectivity index (χ1n) is 10.5. The molecule has 0 N–H and O–H groups in total. The molecular formula is C23H31N5O3. The van der Waals surface area contributed by atoms with Gasteiger partial charge < -0.3 is 19.4 Å². The highest BCUT2D eigenvalue weighted by atomic mass is 16.5. The molecule has 1 aromatic carbocycles. The molecule has 2 heterocycles. The van der Waals surface area contributed by atoms with E-state index in [0.717, 1.165) is 29.9 Å². The van der Waals surface area contributed by atoms with Crippen LogP contribution in [0.15, 0.2) is 30.3 Å². The Labute approximate surface area is 183 Å². The topological polar surface area (TPSA) is 78.9 Å². The van der Waals surface area contributed by atoms with Gasteiger partial charge in [-0.05, 0) is 18.9 Å². The Morgan fingerprint density at radius 3 is 2.61 bits per heavy atom. The summed E-state index contributed by atoms with van der Waals surface area (Å²) in [5.41, 5.74) is 1.63. The molecule has 0 unspecified atom stereocenters. The van der Waals surface area contributed by atoms with Crippen LogP contribution in [-0.2, 0) is 22.6 Å². The van der Waals surface area contributed by atoms with E-state index in [1.54, 1.807) is 19.1 Å². The number of ether oxygens (including phenoxy) is 1. The SMILES string of the molecule is COc1ccccc1CC(=O)N1CCC[C@@H]1c1nc(CN(C)C(C)=O)cc(N(C)C)n1. The van der Waals surface area contributed by atoms with E-state index >= 15 is 0 Å². The van der Waals surface area contributed by atoms with Gasteiger partial charge in [-0.15, -0.1) is 0 Å².